The van der Waals surface area contributed by atoms with Gasteiger partial charge in [0.15, 0.2) is 11.6 Å². The van der Waals surface area contributed by atoms with Gasteiger partial charge in [-0.3, -0.25) is 14.4 Å². The molecule has 0 rings (SSSR count). The maximum absolute atomic E-state index is 12.5. The average molecular weight is 304 g/mol. The highest BCUT2D eigenvalue weighted by molar-refractivity contribution is 7.80. The third-order valence-corrected chi connectivity index (χ3v) is 3.71. The second-order valence-corrected chi connectivity index (χ2v) is 5.76. The Kier molecular flexibility index (Phi) is 8.00. The van der Waals surface area contributed by atoms with Gasteiger partial charge in [0, 0.05) is 18.1 Å². The molecule has 20 heavy (non-hydrogen) atoms. The maximum atomic E-state index is 12.5. The number of hydrogen-bond acceptors (Lipinski definition) is 7. The summed E-state index contributed by atoms with van der Waals surface area (Å²) in [4.78, 5) is 39.4. The predicted molar refractivity (Wildman–Crippen MR) is 78.9 cm³/mol. The van der Waals surface area contributed by atoms with Gasteiger partial charge in [0.2, 0.25) is 0 Å². The van der Waals surface area contributed by atoms with Crippen LogP contribution >= 0.6 is 12.6 Å². The van der Waals surface area contributed by atoms with Crippen LogP contribution in [0.5, 0.6) is 0 Å². The zero-order chi connectivity index (χ0) is 15.9. The topological polar surface area (TPSA) is 112 Å². The zero-order valence-electron chi connectivity index (χ0n) is 12.2. The number of nitrogens with two attached hydrogens (primary N) is 2. The molecule has 0 spiro atoms. The lowest BCUT2D eigenvalue weighted by molar-refractivity contribution is -0.145. The molecule has 6 nitrogen and oxygen atoms in total. The van der Waals surface area contributed by atoms with Crippen molar-refractivity contribution in [2.24, 2.45) is 23.5 Å². The first kappa shape index (κ1) is 19.1. The summed E-state index contributed by atoms with van der Waals surface area (Å²) in [6, 6.07) is 0. The summed E-state index contributed by atoms with van der Waals surface area (Å²) >= 11 is 4.16. The molecule has 0 aromatic carbocycles. The zero-order valence-corrected chi connectivity index (χ0v) is 13.1. The third kappa shape index (κ3) is 5.22. The fourth-order valence-electron chi connectivity index (χ4n) is 2.03. The van der Waals surface area contributed by atoms with E-state index >= 15 is 0 Å². The Morgan fingerprint density at radius 2 is 1.85 bits per heavy atom. The summed E-state index contributed by atoms with van der Waals surface area (Å²) in [6.45, 7) is 5.19. The van der Waals surface area contributed by atoms with Crippen LogP contribution in [0.1, 0.15) is 40.0 Å². The normalized spacial score (nSPS) is 15.6. The largest absolute Gasteiger partial charge is 0.373 e. The Bertz CT molecular complexity index is 373. The molecule has 0 aromatic rings. The standard InChI is InChI=1S/C13H24N2O4S/c1-8(2)6-10(7-20)12(18)13(14,9(3)16)5-4-11(17)19-15/h8,10,20H,4-7,14-15H2,1-3H3. The summed E-state index contributed by atoms with van der Waals surface area (Å²) in [5, 5.41) is 0. The molecule has 0 aliphatic heterocycles. The van der Waals surface area contributed by atoms with Crippen molar-refractivity contribution in [2.45, 2.75) is 45.6 Å². The minimum absolute atomic E-state index is 0.112. The lowest BCUT2D eigenvalue weighted by Gasteiger charge is -2.29. The second-order valence-electron chi connectivity index (χ2n) is 5.39. The Morgan fingerprint density at radius 3 is 2.20 bits per heavy atom. The van der Waals surface area contributed by atoms with Gasteiger partial charge in [0.25, 0.3) is 0 Å². The van der Waals surface area contributed by atoms with Crippen molar-refractivity contribution < 1.29 is 19.2 Å². The molecule has 4 N–H and O–H groups in total. The number of carbonyl (C=O) groups is 3. The van der Waals surface area contributed by atoms with Gasteiger partial charge in [-0.15, -0.1) is 0 Å². The van der Waals surface area contributed by atoms with Crippen LogP contribution in [0.2, 0.25) is 0 Å². The van der Waals surface area contributed by atoms with Crippen molar-refractivity contribution in [3.8, 4) is 0 Å². The van der Waals surface area contributed by atoms with E-state index in [-0.39, 0.29) is 24.5 Å². The summed E-state index contributed by atoms with van der Waals surface area (Å²) < 4.78 is 0. The average Bonchev–Trinajstić information content (AvgIpc) is 2.40. The van der Waals surface area contributed by atoms with E-state index in [1.54, 1.807) is 0 Å². The molecule has 0 fully saturated rings. The SMILES string of the molecule is CC(=O)C(N)(CCC(=O)ON)C(=O)C(CS)CC(C)C. The molecule has 0 saturated heterocycles. The fraction of sp³-hybridized carbons (Fsp3) is 0.769. The van der Waals surface area contributed by atoms with Crippen LogP contribution in [0.15, 0.2) is 0 Å². The van der Waals surface area contributed by atoms with E-state index in [4.69, 9.17) is 11.6 Å². The molecule has 0 aliphatic carbocycles. The highest BCUT2D eigenvalue weighted by atomic mass is 32.1. The predicted octanol–water partition coefficient (Wildman–Crippen LogP) is 0.631. The van der Waals surface area contributed by atoms with Crippen molar-refractivity contribution in [3.05, 3.63) is 0 Å². The minimum Gasteiger partial charge on any atom is -0.373 e. The van der Waals surface area contributed by atoms with Gasteiger partial charge in [-0.25, -0.2) is 0 Å². The van der Waals surface area contributed by atoms with Crippen molar-refractivity contribution in [1.82, 2.24) is 0 Å². The molecule has 0 aromatic heterocycles. The van der Waals surface area contributed by atoms with Crippen molar-refractivity contribution in [2.75, 3.05) is 5.75 Å². The Labute approximate surface area is 125 Å². The van der Waals surface area contributed by atoms with Crippen LogP contribution in [0, 0.1) is 11.8 Å². The minimum atomic E-state index is -1.68. The molecule has 0 amide bonds. The summed E-state index contributed by atoms with van der Waals surface area (Å²) in [5.74, 6) is 3.35. The summed E-state index contributed by atoms with van der Waals surface area (Å²) in [6.07, 6.45) is 0.300. The Morgan fingerprint density at radius 1 is 1.30 bits per heavy atom. The third-order valence-electron chi connectivity index (χ3n) is 3.27. The molecule has 2 atom stereocenters. The van der Waals surface area contributed by atoms with Gasteiger partial charge in [-0.05, 0) is 25.7 Å². The van der Waals surface area contributed by atoms with Gasteiger partial charge in [0.1, 0.15) is 5.54 Å². The van der Waals surface area contributed by atoms with E-state index in [2.05, 4.69) is 17.5 Å². The molecule has 2 unspecified atom stereocenters. The Hall–Kier alpha value is -0.920. The monoisotopic (exact) mass is 304 g/mol. The molecule has 116 valence electrons. The number of Topliss-reactive ketones (excluding diaryl/α,β-unsaturated/α-hetero) is 2. The van der Waals surface area contributed by atoms with Gasteiger partial charge in [-0.1, -0.05) is 13.8 Å². The molecule has 0 radical (unpaired) electrons. The molecular weight excluding hydrogens is 280 g/mol. The number of thiol groups is 1. The first-order valence-electron chi connectivity index (χ1n) is 6.53. The van der Waals surface area contributed by atoms with Crippen LogP contribution < -0.4 is 11.6 Å². The van der Waals surface area contributed by atoms with Crippen molar-refractivity contribution in [1.29, 1.82) is 0 Å². The van der Waals surface area contributed by atoms with E-state index in [1.165, 1.54) is 6.92 Å². The van der Waals surface area contributed by atoms with Crippen LogP contribution in [0.4, 0.5) is 0 Å². The van der Waals surface area contributed by atoms with Crippen LogP contribution in [0.3, 0.4) is 0 Å². The van der Waals surface area contributed by atoms with Crippen LogP contribution in [-0.2, 0) is 19.2 Å². The number of ketones is 2. The van der Waals surface area contributed by atoms with Gasteiger partial charge >= 0.3 is 5.97 Å². The van der Waals surface area contributed by atoms with Gasteiger partial charge in [-0.2, -0.15) is 18.5 Å². The molecule has 7 heteroatoms. The molecule has 0 heterocycles. The lowest BCUT2D eigenvalue weighted by Crippen LogP contribution is -2.57. The van der Waals surface area contributed by atoms with E-state index in [9.17, 15) is 14.4 Å². The van der Waals surface area contributed by atoms with Gasteiger partial charge in [0.05, 0.1) is 0 Å². The lowest BCUT2D eigenvalue weighted by atomic mass is 9.78. The second kappa shape index (κ2) is 8.39. The van der Waals surface area contributed by atoms with Crippen molar-refractivity contribution in [3.63, 3.8) is 0 Å². The van der Waals surface area contributed by atoms with Crippen LogP contribution in [0.25, 0.3) is 0 Å². The van der Waals surface area contributed by atoms with Gasteiger partial charge < -0.3 is 10.6 Å². The first-order valence-corrected chi connectivity index (χ1v) is 7.16. The van der Waals surface area contributed by atoms with E-state index in [1.807, 2.05) is 13.8 Å². The van der Waals surface area contributed by atoms with Crippen molar-refractivity contribution >= 4 is 30.2 Å². The van der Waals surface area contributed by atoms with E-state index in [0.29, 0.717) is 12.2 Å². The summed E-state index contributed by atoms with van der Waals surface area (Å²) in [5.41, 5.74) is 4.27. The maximum Gasteiger partial charge on any atom is 0.324 e. The first-order chi connectivity index (χ1) is 9.18. The smallest absolute Gasteiger partial charge is 0.324 e. The highest BCUT2D eigenvalue weighted by Gasteiger charge is 2.42. The molecule has 0 bridgehead atoms. The molecule has 0 saturated carbocycles. The number of hydrogen-bond donors (Lipinski definition) is 3. The molecular formula is C13H24N2O4S. The number of carbonyl (C=O) groups excluding carboxylic acids is 3. The van der Waals surface area contributed by atoms with E-state index < -0.39 is 23.2 Å². The number of rotatable bonds is 9. The van der Waals surface area contributed by atoms with E-state index in [0.717, 1.165) is 0 Å². The summed E-state index contributed by atoms with van der Waals surface area (Å²) in [7, 11) is 0. The highest BCUT2D eigenvalue weighted by Crippen LogP contribution is 2.23. The fourth-order valence-corrected chi connectivity index (χ4v) is 2.34. The van der Waals surface area contributed by atoms with Crippen LogP contribution in [-0.4, -0.2) is 28.8 Å². The quantitative estimate of drug-likeness (QED) is 0.327. The molecule has 0 aliphatic rings. The Balaban J connectivity index is 5.08.